The average molecular weight is 449 g/mol. The van der Waals surface area contributed by atoms with Crippen LogP contribution in [0.4, 0.5) is 5.69 Å². The zero-order chi connectivity index (χ0) is 23.5. The van der Waals surface area contributed by atoms with Crippen molar-refractivity contribution in [1.29, 1.82) is 0 Å². The Kier molecular flexibility index (Phi) is 4.59. The minimum Gasteiger partial charge on any atom is -0.427 e. The number of carbonyl (C=O) groups is 1. The maximum atomic E-state index is 13.3. The van der Waals surface area contributed by atoms with Crippen LogP contribution in [0.3, 0.4) is 0 Å². The van der Waals surface area contributed by atoms with E-state index in [1.54, 1.807) is 21.8 Å². The van der Waals surface area contributed by atoms with Gasteiger partial charge < -0.3 is 4.74 Å². The second-order valence-corrected chi connectivity index (χ2v) is 9.26. The fourth-order valence-corrected chi connectivity index (χ4v) is 4.50. The standard InChI is InChI=1S/C22H23N7O4/c1-12-9-13(2)27(25-12)20-23-24-21-28(26-20)19(14-5-7-15(8-6-14)29(31)32)18-16(30)10-22(3,4)11-17(18)33-21/h5-9,19H,10-11H2,1-4H3,(H,23,26). The van der Waals surface area contributed by atoms with Crippen LogP contribution in [0.1, 0.15) is 49.7 Å². The number of non-ortho nitro benzene ring substituents is 1. The second-order valence-electron chi connectivity index (χ2n) is 9.26. The highest BCUT2D eigenvalue weighted by molar-refractivity contribution is 6.01. The van der Waals surface area contributed by atoms with Crippen molar-refractivity contribution in [2.24, 2.45) is 15.6 Å². The molecule has 0 radical (unpaired) electrons. The van der Waals surface area contributed by atoms with E-state index < -0.39 is 11.0 Å². The molecule has 170 valence electrons. The summed E-state index contributed by atoms with van der Waals surface area (Å²) in [6.07, 6.45) is 0.940. The van der Waals surface area contributed by atoms with Crippen molar-refractivity contribution in [2.45, 2.75) is 46.6 Å². The Balaban J connectivity index is 1.62. The molecule has 0 saturated heterocycles. The summed E-state index contributed by atoms with van der Waals surface area (Å²) in [6, 6.07) is 7.68. The number of allylic oxidation sites excluding steroid dienone is 1. The van der Waals surface area contributed by atoms with E-state index in [4.69, 9.17) is 4.74 Å². The molecule has 1 atom stereocenters. The Morgan fingerprint density at radius 1 is 1.18 bits per heavy atom. The zero-order valence-electron chi connectivity index (χ0n) is 18.7. The molecule has 1 aliphatic carbocycles. The quantitative estimate of drug-likeness (QED) is 0.551. The largest absolute Gasteiger partial charge is 0.427 e. The van der Waals surface area contributed by atoms with E-state index in [1.807, 2.05) is 33.8 Å². The number of nitro benzene ring substituents is 1. The number of nitrogens with zero attached hydrogens (tertiary/aromatic N) is 6. The molecule has 3 aliphatic rings. The molecule has 0 bridgehead atoms. The van der Waals surface area contributed by atoms with Gasteiger partial charge in [-0.2, -0.15) is 5.10 Å². The summed E-state index contributed by atoms with van der Waals surface area (Å²) >= 11 is 0. The van der Waals surface area contributed by atoms with E-state index in [9.17, 15) is 14.9 Å². The summed E-state index contributed by atoms with van der Waals surface area (Å²) in [5, 5.41) is 25.8. The van der Waals surface area contributed by atoms with Crippen molar-refractivity contribution in [2.75, 3.05) is 0 Å². The Hall–Kier alpha value is -4.02. The van der Waals surface area contributed by atoms with Crippen LogP contribution >= 0.6 is 0 Å². The van der Waals surface area contributed by atoms with Crippen LogP contribution in [-0.4, -0.2) is 37.5 Å². The molecule has 0 fully saturated rings. The van der Waals surface area contributed by atoms with Crippen molar-refractivity contribution in [1.82, 2.24) is 20.2 Å². The van der Waals surface area contributed by atoms with Gasteiger partial charge in [0.15, 0.2) is 5.78 Å². The number of hydrogen-bond acceptors (Lipinski definition) is 9. The first-order chi connectivity index (χ1) is 15.6. The summed E-state index contributed by atoms with van der Waals surface area (Å²) in [6.45, 7) is 7.82. The van der Waals surface area contributed by atoms with E-state index >= 15 is 0 Å². The van der Waals surface area contributed by atoms with Crippen LogP contribution in [-0.2, 0) is 9.53 Å². The third kappa shape index (κ3) is 3.55. The molecule has 3 heterocycles. The van der Waals surface area contributed by atoms with Gasteiger partial charge in [0.2, 0.25) is 0 Å². The molecule has 0 saturated carbocycles. The first-order valence-electron chi connectivity index (χ1n) is 10.6. The molecule has 0 amide bonds. The van der Waals surface area contributed by atoms with Gasteiger partial charge in [-0.25, -0.2) is 9.69 Å². The van der Waals surface area contributed by atoms with E-state index in [2.05, 4.69) is 20.7 Å². The molecular weight excluding hydrogens is 426 g/mol. The molecule has 0 spiro atoms. The maximum absolute atomic E-state index is 13.3. The number of aryl methyl sites for hydroxylation is 2. The van der Waals surface area contributed by atoms with Crippen molar-refractivity contribution in [3.63, 3.8) is 0 Å². The highest BCUT2D eigenvalue weighted by Gasteiger charge is 2.46. The molecular formula is C22H23N7O4. The predicted molar refractivity (Wildman–Crippen MR) is 119 cm³/mol. The van der Waals surface area contributed by atoms with E-state index in [0.717, 1.165) is 11.4 Å². The summed E-state index contributed by atoms with van der Waals surface area (Å²) in [4.78, 5) is 24.0. The lowest BCUT2D eigenvalue weighted by molar-refractivity contribution is -0.384. The first-order valence-corrected chi connectivity index (χ1v) is 10.6. The highest BCUT2D eigenvalue weighted by Crippen LogP contribution is 2.46. The number of hydrazine groups is 1. The second kappa shape index (κ2) is 7.26. The number of amidine groups is 1. The third-order valence-electron chi connectivity index (χ3n) is 5.91. The minimum absolute atomic E-state index is 0.0264. The number of Topliss-reactive ketones (excluding diaryl/α,β-unsaturated/α-hetero) is 1. The van der Waals surface area contributed by atoms with Gasteiger partial charge in [-0.1, -0.05) is 18.9 Å². The van der Waals surface area contributed by atoms with E-state index in [1.165, 1.54) is 12.1 Å². The summed E-state index contributed by atoms with van der Waals surface area (Å²) in [7, 11) is 0. The molecule has 1 N–H and O–H groups in total. The number of ether oxygens (including phenoxy) is 1. The fourth-order valence-electron chi connectivity index (χ4n) is 4.50. The molecule has 2 aliphatic heterocycles. The summed E-state index contributed by atoms with van der Waals surface area (Å²) < 4.78 is 7.68. The predicted octanol–water partition coefficient (Wildman–Crippen LogP) is 3.12. The molecule has 5 rings (SSSR count). The number of ketones is 1. The Morgan fingerprint density at radius 3 is 2.55 bits per heavy atom. The molecule has 1 aromatic carbocycles. The lowest BCUT2D eigenvalue weighted by Gasteiger charge is -2.44. The van der Waals surface area contributed by atoms with E-state index in [-0.39, 0.29) is 22.9 Å². The van der Waals surface area contributed by atoms with Crippen LogP contribution in [0.5, 0.6) is 0 Å². The van der Waals surface area contributed by atoms with Crippen LogP contribution < -0.4 is 5.43 Å². The Bertz CT molecular complexity index is 1270. The minimum atomic E-state index is -0.598. The van der Waals surface area contributed by atoms with Crippen LogP contribution in [0.2, 0.25) is 0 Å². The fraction of sp³-hybridized carbons (Fsp3) is 0.364. The Morgan fingerprint density at radius 2 is 1.91 bits per heavy atom. The molecule has 33 heavy (non-hydrogen) atoms. The van der Waals surface area contributed by atoms with Gasteiger partial charge in [0.05, 0.1) is 16.2 Å². The number of fused-ring (bicyclic) bond motifs is 1. The first kappa shape index (κ1) is 20.9. The van der Waals surface area contributed by atoms with E-state index in [0.29, 0.717) is 35.7 Å². The van der Waals surface area contributed by atoms with Crippen molar-refractivity contribution in [3.8, 4) is 0 Å². The average Bonchev–Trinajstić information content (AvgIpc) is 3.09. The van der Waals surface area contributed by atoms with Crippen molar-refractivity contribution in [3.05, 3.63) is 68.7 Å². The zero-order valence-corrected chi connectivity index (χ0v) is 18.7. The van der Waals surface area contributed by atoms with Gasteiger partial charge in [0, 0.05) is 30.7 Å². The topological polar surface area (TPSA) is 127 Å². The number of nitro groups is 1. The van der Waals surface area contributed by atoms with Crippen molar-refractivity contribution < 1.29 is 14.5 Å². The number of carbonyl (C=O) groups excluding carboxylic acids is 1. The molecule has 2 aromatic rings. The van der Waals surface area contributed by atoms with Crippen LogP contribution in [0.15, 0.2) is 51.9 Å². The van der Waals surface area contributed by atoms with Gasteiger partial charge >= 0.3 is 6.02 Å². The van der Waals surface area contributed by atoms with Gasteiger partial charge in [0.1, 0.15) is 11.8 Å². The molecule has 1 aromatic heterocycles. The number of hydrogen-bond donors (Lipinski definition) is 1. The third-order valence-corrected chi connectivity index (χ3v) is 5.91. The number of rotatable bonds is 2. The van der Waals surface area contributed by atoms with Gasteiger partial charge in [0.25, 0.3) is 11.6 Å². The number of nitrogens with one attached hydrogen (secondary N) is 1. The number of benzene rings is 1. The van der Waals surface area contributed by atoms with Crippen molar-refractivity contribution >= 4 is 23.5 Å². The normalized spacial score (nSPS) is 21.4. The van der Waals surface area contributed by atoms with Gasteiger partial charge in [-0.3, -0.25) is 20.3 Å². The highest BCUT2D eigenvalue weighted by atomic mass is 16.6. The number of aromatic nitrogens is 2. The van der Waals surface area contributed by atoms with Gasteiger partial charge in [-0.15, -0.1) is 5.10 Å². The molecule has 11 heteroatoms. The SMILES string of the molecule is Cc1cc(C)n(C2=NN=C3OC4=C(C(=O)CC(C)(C)C4)C(c4ccc([N+](=O)[O-])cc4)N3N2)n1. The van der Waals surface area contributed by atoms with Crippen LogP contribution in [0, 0.1) is 29.4 Å². The Labute approximate surface area is 189 Å². The lowest BCUT2D eigenvalue weighted by atomic mass is 9.73. The molecule has 1 unspecified atom stereocenters. The summed E-state index contributed by atoms with van der Waals surface area (Å²) in [5.41, 5.74) is 5.81. The smallest absolute Gasteiger partial charge is 0.336 e. The monoisotopic (exact) mass is 449 g/mol. The molecule has 11 nitrogen and oxygen atoms in total. The maximum Gasteiger partial charge on any atom is 0.336 e. The van der Waals surface area contributed by atoms with Gasteiger partial charge in [-0.05, 0) is 43.0 Å². The summed E-state index contributed by atoms with van der Waals surface area (Å²) in [5.74, 6) is 0.884. The lowest BCUT2D eigenvalue weighted by Crippen LogP contribution is -2.56. The van der Waals surface area contributed by atoms with Crippen LogP contribution in [0.25, 0.3) is 0 Å².